The molecule has 0 fully saturated rings. The van der Waals surface area contributed by atoms with Crippen LogP contribution in [-0.2, 0) is 0 Å². The predicted molar refractivity (Wildman–Crippen MR) is 61.2 cm³/mol. The van der Waals surface area contributed by atoms with E-state index in [1.807, 2.05) is 19.9 Å². The van der Waals surface area contributed by atoms with E-state index >= 15 is 0 Å². The van der Waals surface area contributed by atoms with Gasteiger partial charge in [0.1, 0.15) is 0 Å². The third-order valence-electron chi connectivity index (χ3n) is 2.33. The number of hydrogen-bond donors (Lipinski definition) is 0. The first-order valence-electron chi connectivity index (χ1n) is 4.81. The monoisotopic (exact) mass is 226 g/mol. The lowest BCUT2D eigenvalue weighted by atomic mass is 10.2. The van der Waals surface area contributed by atoms with E-state index in [1.54, 1.807) is 24.3 Å². The molecule has 1 unspecified atom stereocenters. The molecule has 0 radical (unpaired) electrons. The molecule has 1 aromatic rings. The van der Waals surface area contributed by atoms with Gasteiger partial charge < -0.3 is 4.90 Å². The number of pyridine rings is 1. The van der Waals surface area contributed by atoms with Crippen molar-refractivity contribution in [1.29, 1.82) is 0 Å². The summed E-state index contributed by atoms with van der Waals surface area (Å²) in [4.78, 5) is 17.5. The average Bonchev–Trinajstić information content (AvgIpc) is 2.26. The van der Waals surface area contributed by atoms with Gasteiger partial charge in [0.25, 0.3) is 5.91 Å². The number of amides is 1. The van der Waals surface area contributed by atoms with Crippen LogP contribution in [0.1, 0.15) is 22.8 Å². The van der Waals surface area contributed by atoms with Crippen LogP contribution in [0.25, 0.3) is 0 Å². The Bertz CT molecular complexity index is 354. The standard InChI is InChI=1S/C11H15ClN2O/c1-8-4-10(7-13-6-8)11(15)14(3)9(2)5-12/h4,6-7,9H,5H2,1-3H3. The lowest BCUT2D eigenvalue weighted by Gasteiger charge is -2.22. The average molecular weight is 227 g/mol. The summed E-state index contributed by atoms with van der Waals surface area (Å²) in [5, 5.41) is 0. The fourth-order valence-electron chi connectivity index (χ4n) is 1.18. The zero-order valence-corrected chi connectivity index (χ0v) is 9.95. The van der Waals surface area contributed by atoms with Crippen molar-refractivity contribution in [2.24, 2.45) is 0 Å². The topological polar surface area (TPSA) is 33.2 Å². The van der Waals surface area contributed by atoms with Crippen LogP contribution in [0, 0.1) is 6.92 Å². The van der Waals surface area contributed by atoms with Gasteiger partial charge in [-0.15, -0.1) is 11.6 Å². The van der Waals surface area contributed by atoms with Crippen LogP contribution < -0.4 is 0 Å². The van der Waals surface area contributed by atoms with Crippen molar-refractivity contribution in [2.75, 3.05) is 12.9 Å². The highest BCUT2D eigenvalue weighted by atomic mass is 35.5. The molecule has 15 heavy (non-hydrogen) atoms. The third-order valence-corrected chi connectivity index (χ3v) is 2.77. The van der Waals surface area contributed by atoms with E-state index in [9.17, 15) is 4.79 Å². The molecule has 0 aromatic carbocycles. The Labute approximate surface area is 95.1 Å². The van der Waals surface area contributed by atoms with Gasteiger partial charge in [0.15, 0.2) is 0 Å². The highest BCUT2D eigenvalue weighted by Gasteiger charge is 2.16. The number of carbonyl (C=O) groups excluding carboxylic acids is 1. The molecule has 82 valence electrons. The van der Waals surface area contributed by atoms with Gasteiger partial charge in [-0.25, -0.2) is 0 Å². The molecule has 1 rings (SSSR count). The van der Waals surface area contributed by atoms with Crippen molar-refractivity contribution < 1.29 is 4.79 Å². The van der Waals surface area contributed by atoms with Gasteiger partial charge in [0.2, 0.25) is 0 Å². The SMILES string of the molecule is Cc1cncc(C(=O)N(C)C(C)CCl)c1. The van der Waals surface area contributed by atoms with Gasteiger partial charge >= 0.3 is 0 Å². The minimum Gasteiger partial charge on any atom is -0.338 e. The first kappa shape index (κ1) is 12.0. The van der Waals surface area contributed by atoms with E-state index in [2.05, 4.69) is 4.98 Å². The number of rotatable bonds is 3. The van der Waals surface area contributed by atoms with Crippen LogP contribution in [0.4, 0.5) is 0 Å². The molecule has 0 aliphatic carbocycles. The molecule has 1 atom stereocenters. The molecule has 4 heteroatoms. The lowest BCUT2D eigenvalue weighted by molar-refractivity contribution is 0.0756. The van der Waals surface area contributed by atoms with E-state index in [1.165, 1.54) is 0 Å². The Balaban J connectivity index is 2.85. The summed E-state index contributed by atoms with van der Waals surface area (Å²) in [7, 11) is 1.75. The van der Waals surface area contributed by atoms with Gasteiger partial charge in [0.05, 0.1) is 5.56 Å². The minimum absolute atomic E-state index is 0.0275. The maximum Gasteiger partial charge on any atom is 0.255 e. The van der Waals surface area contributed by atoms with Gasteiger partial charge in [-0.2, -0.15) is 0 Å². The van der Waals surface area contributed by atoms with Crippen LogP contribution in [0.15, 0.2) is 18.5 Å². The van der Waals surface area contributed by atoms with Crippen LogP contribution in [0.2, 0.25) is 0 Å². The summed E-state index contributed by atoms with van der Waals surface area (Å²) in [6.07, 6.45) is 3.30. The summed E-state index contributed by atoms with van der Waals surface area (Å²) in [6, 6.07) is 1.85. The molecular weight excluding hydrogens is 212 g/mol. The number of halogens is 1. The fraction of sp³-hybridized carbons (Fsp3) is 0.455. The smallest absolute Gasteiger partial charge is 0.255 e. The maximum absolute atomic E-state index is 11.9. The number of alkyl halides is 1. The second kappa shape index (κ2) is 5.12. The maximum atomic E-state index is 11.9. The summed E-state index contributed by atoms with van der Waals surface area (Å²) >= 11 is 5.70. The number of hydrogen-bond acceptors (Lipinski definition) is 2. The van der Waals surface area contributed by atoms with Crippen molar-refractivity contribution >= 4 is 17.5 Å². The van der Waals surface area contributed by atoms with Gasteiger partial charge in [-0.3, -0.25) is 9.78 Å². The molecule has 1 amide bonds. The van der Waals surface area contributed by atoms with Crippen LogP contribution in [-0.4, -0.2) is 34.8 Å². The molecule has 0 bridgehead atoms. The molecule has 1 aromatic heterocycles. The van der Waals surface area contributed by atoms with Crippen molar-refractivity contribution in [3.8, 4) is 0 Å². The molecule has 0 saturated carbocycles. The van der Waals surface area contributed by atoms with E-state index in [-0.39, 0.29) is 11.9 Å². The van der Waals surface area contributed by atoms with Gasteiger partial charge in [-0.1, -0.05) is 0 Å². The molecule has 0 N–H and O–H groups in total. The second-order valence-corrected chi connectivity index (χ2v) is 3.98. The molecule has 1 heterocycles. The first-order chi connectivity index (χ1) is 7.06. The lowest BCUT2D eigenvalue weighted by Crippen LogP contribution is -2.36. The second-order valence-electron chi connectivity index (χ2n) is 3.67. The molecular formula is C11H15ClN2O. The summed E-state index contributed by atoms with van der Waals surface area (Å²) in [5.74, 6) is 0.390. The minimum atomic E-state index is -0.0423. The van der Waals surface area contributed by atoms with Crippen molar-refractivity contribution in [2.45, 2.75) is 19.9 Å². The van der Waals surface area contributed by atoms with E-state index in [0.717, 1.165) is 5.56 Å². The fourth-order valence-corrected chi connectivity index (χ4v) is 1.39. The number of carbonyl (C=O) groups is 1. The van der Waals surface area contributed by atoms with Gasteiger partial charge in [0, 0.05) is 31.4 Å². The third kappa shape index (κ3) is 2.93. The highest BCUT2D eigenvalue weighted by molar-refractivity contribution is 6.18. The Kier molecular flexibility index (Phi) is 4.09. The van der Waals surface area contributed by atoms with E-state index in [0.29, 0.717) is 11.4 Å². The summed E-state index contributed by atoms with van der Waals surface area (Å²) in [5.41, 5.74) is 1.59. The Morgan fingerprint density at radius 1 is 1.60 bits per heavy atom. The van der Waals surface area contributed by atoms with E-state index in [4.69, 9.17) is 11.6 Å². The number of aryl methyl sites for hydroxylation is 1. The van der Waals surface area contributed by atoms with Gasteiger partial charge in [-0.05, 0) is 25.5 Å². The summed E-state index contributed by atoms with van der Waals surface area (Å²) in [6.45, 7) is 3.82. The molecule has 0 spiro atoms. The quantitative estimate of drug-likeness (QED) is 0.740. The summed E-state index contributed by atoms with van der Waals surface area (Å²) < 4.78 is 0. The van der Waals surface area contributed by atoms with E-state index < -0.39 is 0 Å². The number of aromatic nitrogens is 1. The Hall–Kier alpha value is -1.09. The first-order valence-corrected chi connectivity index (χ1v) is 5.34. The van der Waals surface area contributed by atoms with Crippen molar-refractivity contribution in [3.63, 3.8) is 0 Å². The van der Waals surface area contributed by atoms with Crippen molar-refractivity contribution in [1.82, 2.24) is 9.88 Å². The Morgan fingerprint density at radius 3 is 2.80 bits per heavy atom. The van der Waals surface area contributed by atoms with Crippen LogP contribution in [0.5, 0.6) is 0 Å². The van der Waals surface area contributed by atoms with Crippen molar-refractivity contribution in [3.05, 3.63) is 29.6 Å². The number of nitrogens with zero attached hydrogens (tertiary/aromatic N) is 2. The molecule has 0 saturated heterocycles. The molecule has 3 nitrogen and oxygen atoms in total. The zero-order chi connectivity index (χ0) is 11.4. The van der Waals surface area contributed by atoms with Crippen LogP contribution in [0.3, 0.4) is 0 Å². The predicted octanol–water partition coefficient (Wildman–Crippen LogP) is 2.09. The normalized spacial score (nSPS) is 12.3. The largest absolute Gasteiger partial charge is 0.338 e. The Morgan fingerprint density at radius 2 is 2.27 bits per heavy atom. The molecule has 0 aliphatic heterocycles. The highest BCUT2D eigenvalue weighted by Crippen LogP contribution is 2.08. The van der Waals surface area contributed by atoms with Crippen LogP contribution >= 0.6 is 11.6 Å². The molecule has 0 aliphatic rings. The zero-order valence-electron chi connectivity index (χ0n) is 9.20.